The molecule has 2 heteroatoms. The maximum Gasteiger partial charge on any atom is 0.160 e. The summed E-state index contributed by atoms with van der Waals surface area (Å²) < 4.78 is 0. The minimum atomic E-state index is 0.0495. The van der Waals surface area contributed by atoms with E-state index in [1.54, 1.807) is 13.0 Å². The third-order valence-corrected chi connectivity index (χ3v) is 2.26. The predicted octanol–water partition coefficient (Wildman–Crippen LogP) is 2.62. The Labute approximate surface area is 82.3 Å². The van der Waals surface area contributed by atoms with Gasteiger partial charge in [0.05, 0.1) is 0 Å². The van der Waals surface area contributed by atoms with Crippen LogP contribution in [0.4, 0.5) is 5.69 Å². The molecule has 0 spiro atoms. The standard InChI is InChI=1S/C12H11NO/c1-8(14)12-7-10(13)6-9-4-2-3-5-11(9)12/h2-7H,13H2,1H3. The molecule has 0 aliphatic heterocycles. The molecule has 2 aromatic rings. The maximum atomic E-state index is 11.4. The van der Waals surface area contributed by atoms with Crippen molar-refractivity contribution >= 4 is 22.2 Å². The smallest absolute Gasteiger partial charge is 0.160 e. The normalized spacial score (nSPS) is 10.4. The van der Waals surface area contributed by atoms with Gasteiger partial charge in [-0.15, -0.1) is 0 Å². The second kappa shape index (κ2) is 3.14. The molecule has 2 aromatic carbocycles. The van der Waals surface area contributed by atoms with Gasteiger partial charge in [0.15, 0.2) is 5.78 Å². The summed E-state index contributed by atoms with van der Waals surface area (Å²) in [4.78, 5) is 11.4. The SMILES string of the molecule is CC(=O)c1cc(N)cc2ccccc12. The summed E-state index contributed by atoms with van der Waals surface area (Å²) in [5, 5.41) is 1.98. The van der Waals surface area contributed by atoms with E-state index in [1.165, 1.54) is 0 Å². The van der Waals surface area contributed by atoms with Crippen molar-refractivity contribution in [3.63, 3.8) is 0 Å². The molecule has 0 bridgehead atoms. The summed E-state index contributed by atoms with van der Waals surface area (Å²) in [6.45, 7) is 1.56. The lowest BCUT2D eigenvalue weighted by molar-refractivity contribution is 0.101. The Kier molecular flexibility index (Phi) is 1.97. The number of anilines is 1. The summed E-state index contributed by atoms with van der Waals surface area (Å²) in [5.74, 6) is 0.0495. The van der Waals surface area contributed by atoms with E-state index < -0.39 is 0 Å². The molecule has 70 valence electrons. The third kappa shape index (κ3) is 1.35. The molecule has 0 aliphatic rings. The zero-order valence-corrected chi connectivity index (χ0v) is 7.95. The molecule has 0 saturated heterocycles. The second-order valence-corrected chi connectivity index (χ2v) is 3.35. The molecular weight excluding hydrogens is 174 g/mol. The van der Waals surface area contributed by atoms with Crippen LogP contribution in [0.3, 0.4) is 0 Å². The fourth-order valence-corrected chi connectivity index (χ4v) is 1.63. The number of Topliss-reactive ketones (excluding diaryl/α,β-unsaturated/α-hetero) is 1. The van der Waals surface area contributed by atoms with E-state index in [4.69, 9.17) is 5.73 Å². The Bertz CT molecular complexity index is 503. The van der Waals surface area contributed by atoms with Crippen molar-refractivity contribution in [1.82, 2.24) is 0 Å². The first-order valence-corrected chi connectivity index (χ1v) is 4.47. The Hall–Kier alpha value is -1.83. The monoisotopic (exact) mass is 185 g/mol. The molecule has 0 aromatic heterocycles. The van der Waals surface area contributed by atoms with E-state index >= 15 is 0 Å². The van der Waals surface area contributed by atoms with Crippen LogP contribution in [0.5, 0.6) is 0 Å². The second-order valence-electron chi connectivity index (χ2n) is 3.35. The zero-order valence-electron chi connectivity index (χ0n) is 7.95. The van der Waals surface area contributed by atoms with Crippen LogP contribution in [0, 0.1) is 0 Å². The van der Waals surface area contributed by atoms with Gasteiger partial charge in [-0.2, -0.15) is 0 Å². The molecule has 2 nitrogen and oxygen atoms in total. The molecule has 0 amide bonds. The maximum absolute atomic E-state index is 11.4. The van der Waals surface area contributed by atoms with Crippen LogP contribution in [0.15, 0.2) is 36.4 Å². The van der Waals surface area contributed by atoms with Crippen molar-refractivity contribution in [2.45, 2.75) is 6.92 Å². The van der Waals surface area contributed by atoms with E-state index in [2.05, 4.69) is 0 Å². The van der Waals surface area contributed by atoms with E-state index in [0.717, 1.165) is 10.8 Å². The summed E-state index contributed by atoms with van der Waals surface area (Å²) in [5.41, 5.74) is 7.04. The quantitative estimate of drug-likeness (QED) is 0.548. The van der Waals surface area contributed by atoms with Gasteiger partial charge in [-0.05, 0) is 29.8 Å². The molecule has 0 atom stereocenters. The van der Waals surface area contributed by atoms with Gasteiger partial charge in [0.1, 0.15) is 0 Å². The van der Waals surface area contributed by atoms with Gasteiger partial charge in [-0.25, -0.2) is 0 Å². The van der Waals surface area contributed by atoms with E-state index in [-0.39, 0.29) is 5.78 Å². The predicted molar refractivity (Wildman–Crippen MR) is 58.4 cm³/mol. The van der Waals surface area contributed by atoms with Gasteiger partial charge in [-0.1, -0.05) is 24.3 Å². The average Bonchev–Trinajstić information content (AvgIpc) is 2.16. The first kappa shape index (κ1) is 8.75. The number of nitrogens with two attached hydrogens (primary N) is 1. The van der Waals surface area contributed by atoms with Gasteiger partial charge in [-0.3, -0.25) is 4.79 Å². The van der Waals surface area contributed by atoms with Crippen molar-refractivity contribution in [3.05, 3.63) is 42.0 Å². The lowest BCUT2D eigenvalue weighted by Gasteiger charge is -2.04. The van der Waals surface area contributed by atoms with Gasteiger partial charge in [0.25, 0.3) is 0 Å². The van der Waals surface area contributed by atoms with E-state index in [0.29, 0.717) is 11.3 Å². The van der Waals surface area contributed by atoms with Gasteiger partial charge in [0, 0.05) is 11.3 Å². The summed E-state index contributed by atoms with van der Waals surface area (Å²) in [6.07, 6.45) is 0. The number of carbonyl (C=O) groups is 1. The Balaban J connectivity index is 2.87. The Morgan fingerprint density at radius 2 is 1.93 bits per heavy atom. The number of benzene rings is 2. The largest absolute Gasteiger partial charge is 0.399 e. The van der Waals surface area contributed by atoms with E-state index in [1.807, 2.05) is 30.3 Å². The first-order chi connectivity index (χ1) is 6.68. The molecule has 0 saturated carbocycles. The highest BCUT2D eigenvalue weighted by atomic mass is 16.1. The molecule has 14 heavy (non-hydrogen) atoms. The zero-order chi connectivity index (χ0) is 10.1. The van der Waals surface area contributed by atoms with Crippen LogP contribution < -0.4 is 5.73 Å². The van der Waals surface area contributed by atoms with Crippen LogP contribution >= 0.6 is 0 Å². The molecule has 0 fully saturated rings. The first-order valence-electron chi connectivity index (χ1n) is 4.47. The highest BCUT2D eigenvalue weighted by Gasteiger charge is 2.05. The fraction of sp³-hybridized carbons (Fsp3) is 0.0833. The Morgan fingerprint density at radius 3 is 2.64 bits per heavy atom. The fourth-order valence-electron chi connectivity index (χ4n) is 1.63. The molecule has 2 rings (SSSR count). The number of fused-ring (bicyclic) bond motifs is 1. The average molecular weight is 185 g/mol. The van der Waals surface area contributed by atoms with Crippen LogP contribution in [-0.4, -0.2) is 5.78 Å². The highest BCUT2D eigenvalue weighted by molar-refractivity contribution is 6.08. The molecule has 2 N–H and O–H groups in total. The van der Waals surface area contributed by atoms with Gasteiger partial charge < -0.3 is 5.73 Å². The highest BCUT2D eigenvalue weighted by Crippen LogP contribution is 2.22. The van der Waals surface area contributed by atoms with Gasteiger partial charge in [0.2, 0.25) is 0 Å². The van der Waals surface area contributed by atoms with Crippen LogP contribution in [0.1, 0.15) is 17.3 Å². The van der Waals surface area contributed by atoms with Crippen molar-refractivity contribution < 1.29 is 4.79 Å². The van der Waals surface area contributed by atoms with Crippen molar-refractivity contribution in [2.24, 2.45) is 0 Å². The van der Waals surface area contributed by atoms with Crippen LogP contribution in [0.2, 0.25) is 0 Å². The topological polar surface area (TPSA) is 43.1 Å². The minimum absolute atomic E-state index is 0.0495. The molecule has 0 aliphatic carbocycles. The van der Waals surface area contributed by atoms with Gasteiger partial charge >= 0.3 is 0 Å². The van der Waals surface area contributed by atoms with Crippen LogP contribution in [0.25, 0.3) is 10.8 Å². The van der Waals surface area contributed by atoms with Crippen molar-refractivity contribution in [2.75, 3.05) is 5.73 Å². The molecule has 0 unspecified atom stereocenters. The number of carbonyl (C=O) groups excluding carboxylic acids is 1. The lowest BCUT2D eigenvalue weighted by atomic mass is 10.0. The summed E-state index contributed by atoms with van der Waals surface area (Å²) in [6, 6.07) is 11.4. The lowest BCUT2D eigenvalue weighted by Crippen LogP contribution is -1.96. The molecular formula is C12H11NO. The summed E-state index contributed by atoms with van der Waals surface area (Å²) >= 11 is 0. The molecule has 0 radical (unpaired) electrons. The Morgan fingerprint density at radius 1 is 1.21 bits per heavy atom. The number of rotatable bonds is 1. The number of hydrogen-bond acceptors (Lipinski definition) is 2. The summed E-state index contributed by atoms with van der Waals surface area (Å²) in [7, 11) is 0. The van der Waals surface area contributed by atoms with Crippen molar-refractivity contribution in [1.29, 1.82) is 0 Å². The molecule has 0 heterocycles. The van der Waals surface area contributed by atoms with Crippen LogP contribution in [-0.2, 0) is 0 Å². The van der Waals surface area contributed by atoms with E-state index in [9.17, 15) is 4.79 Å². The number of hydrogen-bond donors (Lipinski definition) is 1. The third-order valence-electron chi connectivity index (χ3n) is 2.26. The number of ketones is 1. The minimum Gasteiger partial charge on any atom is -0.399 e. The van der Waals surface area contributed by atoms with Crippen molar-refractivity contribution in [3.8, 4) is 0 Å². The number of nitrogen functional groups attached to an aromatic ring is 1.